The van der Waals surface area contributed by atoms with Gasteiger partial charge in [0.1, 0.15) is 17.2 Å². The first-order valence-electron chi connectivity index (χ1n) is 7.25. The molecule has 0 atom stereocenters. The van der Waals surface area contributed by atoms with Gasteiger partial charge in [-0.15, -0.1) is 0 Å². The highest BCUT2D eigenvalue weighted by molar-refractivity contribution is 6.30. The largest absolute Gasteiger partial charge is 0.497 e. The molecule has 0 aliphatic rings. The summed E-state index contributed by atoms with van der Waals surface area (Å²) in [5, 5.41) is 14.6. The van der Waals surface area contributed by atoms with Crippen LogP contribution in [-0.2, 0) is 6.61 Å². The summed E-state index contributed by atoms with van der Waals surface area (Å²) >= 11 is 6.04. The van der Waals surface area contributed by atoms with E-state index in [1.54, 1.807) is 44.6 Å². The standard InChI is InChI=1S/C18H16ClNO4/c1-22-13-6-7-16(23-2)14(9-13)18-15(10-21)17(20-24-18)11-4-3-5-12(19)8-11/h3-9,21H,10H2,1-2H3. The lowest BCUT2D eigenvalue weighted by Crippen LogP contribution is -1.93. The molecule has 3 rings (SSSR count). The van der Waals surface area contributed by atoms with E-state index >= 15 is 0 Å². The molecular weight excluding hydrogens is 330 g/mol. The molecule has 1 N–H and O–H groups in total. The van der Waals surface area contributed by atoms with Crippen LogP contribution in [0.3, 0.4) is 0 Å². The third kappa shape index (κ3) is 2.96. The van der Waals surface area contributed by atoms with E-state index in [0.717, 1.165) is 5.56 Å². The van der Waals surface area contributed by atoms with Crippen molar-refractivity contribution in [3.05, 3.63) is 53.1 Å². The third-order valence-corrected chi connectivity index (χ3v) is 3.93. The fourth-order valence-electron chi connectivity index (χ4n) is 2.52. The number of aromatic nitrogens is 1. The molecule has 5 nitrogen and oxygen atoms in total. The first kappa shape index (κ1) is 16.4. The van der Waals surface area contributed by atoms with Crippen molar-refractivity contribution < 1.29 is 19.1 Å². The van der Waals surface area contributed by atoms with Crippen LogP contribution in [0.25, 0.3) is 22.6 Å². The lowest BCUT2D eigenvalue weighted by Gasteiger charge is -2.09. The van der Waals surface area contributed by atoms with Gasteiger partial charge < -0.3 is 19.1 Å². The van der Waals surface area contributed by atoms with Crippen LogP contribution in [0, 0.1) is 0 Å². The van der Waals surface area contributed by atoms with Gasteiger partial charge in [-0.25, -0.2) is 0 Å². The molecule has 0 saturated carbocycles. The Kier molecular flexibility index (Phi) is 4.74. The summed E-state index contributed by atoms with van der Waals surface area (Å²) in [6, 6.07) is 12.6. The Morgan fingerprint density at radius 3 is 2.62 bits per heavy atom. The topological polar surface area (TPSA) is 64.7 Å². The second-order valence-corrected chi connectivity index (χ2v) is 5.51. The summed E-state index contributed by atoms with van der Waals surface area (Å²) in [5.41, 5.74) is 2.52. The summed E-state index contributed by atoms with van der Waals surface area (Å²) in [6.45, 7) is -0.235. The number of aliphatic hydroxyl groups is 1. The second kappa shape index (κ2) is 6.95. The van der Waals surface area contributed by atoms with Crippen molar-refractivity contribution in [2.24, 2.45) is 0 Å². The van der Waals surface area contributed by atoms with Crippen molar-refractivity contribution in [2.75, 3.05) is 14.2 Å². The molecule has 6 heteroatoms. The fourth-order valence-corrected chi connectivity index (χ4v) is 2.71. The number of hydrogen-bond donors (Lipinski definition) is 1. The van der Waals surface area contributed by atoms with E-state index in [1.807, 2.05) is 12.1 Å². The highest BCUT2D eigenvalue weighted by Crippen LogP contribution is 2.39. The lowest BCUT2D eigenvalue weighted by atomic mass is 10.0. The van der Waals surface area contributed by atoms with Gasteiger partial charge in [0, 0.05) is 10.6 Å². The predicted molar refractivity (Wildman–Crippen MR) is 91.4 cm³/mol. The number of hydrogen-bond acceptors (Lipinski definition) is 5. The van der Waals surface area contributed by atoms with Gasteiger partial charge in [-0.3, -0.25) is 0 Å². The zero-order valence-corrected chi connectivity index (χ0v) is 14.0. The fraction of sp³-hybridized carbons (Fsp3) is 0.167. The summed E-state index contributed by atoms with van der Waals surface area (Å²) in [6.07, 6.45) is 0. The van der Waals surface area contributed by atoms with E-state index in [2.05, 4.69) is 5.16 Å². The number of halogens is 1. The molecule has 0 bridgehead atoms. The average molecular weight is 346 g/mol. The molecule has 24 heavy (non-hydrogen) atoms. The molecule has 0 aliphatic heterocycles. The van der Waals surface area contributed by atoms with E-state index < -0.39 is 0 Å². The van der Waals surface area contributed by atoms with E-state index in [1.165, 1.54) is 0 Å². The first-order chi connectivity index (χ1) is 11.7. The molecule has 0 unspecified atom stereocenters. The lowest BCUT2D eigenvalue weighted by molar-refractivity contribution is 0.281. The molecule has 0 amide bonds. The molecule has 1 aromatic heterocycles. The molecule has 124 valence electrons. The Morgan fingerprint density at radius 2 is 1.96 bits per heavy atom. The van der Waals surface area contributed by atoms with E-state index in [-0.39, 0.29) is 6.61 Å². The second-order valence-electron chi connectivity index (χ2n) is 5.07. The van der Waals surface area contributed by atoms with Crippen LogP contribution in [0.4, 0.5) is 0 Å². The van der Waals surface area contributed by atoms with Crippen LogP contribution in [0.5, 0.6) is 11.5 Å². The number of nitrogens with zero attached hydrogens (tertiary/aromatic N) is 1. The maximum Gasteiger partial charge on any atom is 0.176 e. The monoisotopic (exact) mass is 345 g/mol. The first-order valence-corrected chi connectivity index (χ1v) is 7.63. The van der Waals surface area contributed by atoms with Crippen molar-refractivity contribution >= 4 is 11.6 Å². The summed E-state index contributed by atoms with van der Waals surface area (Å²) in [7, 11) is 3.15. The molecule has 0 spiro atoms. The molecule has 0 radical (unpaired) electrons. The quantitative estimate of drug-likeness (QED) is 0.751. The van der Waals surface area contributed by atoms with E-state index in [9.17, 15) is 5.11 Å². The Labute approximate surface area is 144 Å². The normalized spacial score (nSPS) is 10.7. The zero-order chi connectivity index (χ0) is 17.1. The molecule has 3 aromatic rings. The number of methoxy groups -OCH3 is 2. The minimum absolute atomic E-state index is 0.235. The van der Waals surface area contributed by atoms with Crippen LogP contribution in [0.2, 0.25) is 5.02 Å². The van der Waals surface area contributed by atoms with Gasteiger partial charge in [-0.05, 0) is 30.3 Å². The van der Waals surface area contributed by atoms with Gasteiger partial charge in [-0.1, -0.05) is 28.9 Å². The van der Waals surface area contributed by atoms with Crippen molar-refractivity contribution in [3.8, 4) is 34.1 Å². The van der Waals surface area contributed by atoms with E-state index in [4.69, 9.17) is 25.6 Å². The number of ether oxygens (including phenoxy) is 2. The number of rotatable bonds is 5. The summed E-state index contributed by atoms with van der Waals surface area (Å²) in [4.78, 5) is 0. The highest BCUT2D eigenvalue weighted by Gasteiger charge is 2.21. The van der Waals surface area contributed by atoms with Crippen molar-refractivity contribution in [3.63, 3.8) is 0 Å². The Balaban J connectivity index is 2.17. The van der Waals surface area contributed by atoms with Gasteiger partial charge in [-0.2, -0.15) is 0 Å². The smallest absolute Gasteiger partial charge is 0.176 e. The van der Waals surface area contributed by atoms with Gasteiger partial charge in [0.25, 0.3) is 0 Å². The summed E-state index contributed by atoms with van der Waals surface area (Å²) < 4.78 is 16.2. The molecule has 0 saturated heterocycles. The van der Waals surface area contributed by atoms with Crippen molar-refractivity contribution in [1.82, 2.24) is 5.16 Å². The Morgan fingerprint density at radius 1 is 1.12 bits per heavy atom. The van der Waals surface area contributed by atoms with Crippen molar-refractivity contribution in [2.45, 2.75) is 6.61 Å². The average Bonchev–Trinajstić information content (AvgIpc) is 3.05. The minimum atomic E-state index is -0.235. The maximum atomic E-state index is 9.87. The van der Waals surface area contributed by atoms with Crippen LogP contribution in [-0.4, -0.2) is 24.5 Å². The van der Waals surface area contributed by atoms with Crippen LogP contribution in [0.1, 0.15) is 5.56 Å². The highest BCUT2D eigenvalue weighted by atomic mass is 35.5. The Hall–Kier alpha value is -2.50. The SMILES string of the molecule is COc1ccc(OC)c(-c2onc(-c3cccc(Cl)c3)c2CO)c1. The number of benzene rings is 2. The van der Waals surface area contributed by atoms with Gasteiger partial charge >= 0.3 is 0 Å². The minimum Gasteiger partial charge on any atom is -0.497 e. The van der Waals surface area contributed by atoms with Gasteiger partial charge in [0.15, 0.2) is 5.76 Å². The zero-order valence-electron chi connectivity index (χ0n) is 13.2. The molecule has 2 aromatic carbocycles. The van der Waals surface area contributed by atoms with Gasteiger partial charge in [0.2, 0.25) is 0 Å². The predicted octanol–water partition coefficient (Wildman–Crippen LogP) is 4.17. The van der Waals surface area contributed by atoms with Crippen LogP contribution in [0.15, 0.2) is 47.0 Å². The molecular formula is C18H16ClNO4. The number of aliphatic hydroxyl groups excluding tert-OH is 1. The third-order valence-electron chi connectivity index (χ3n) is 3.70. The molecule has 1 heterocycles. The molecule has 0 aliphatic carbocycles. The van der Waals surface area contributed by atoms with Gasteiger partial charge in [0.05, 0.1) is 32.0 Å². The molecule has 0 fully saturated rings. The van der Waals surface area contributed by atoms with Crippen LogP contribution < -0.4 is 9.47 Å². The maximum absolute atomic E-state index is 9.87. The summed E-state index contributed by atoms with van der Waals surface area (Å²) in [5.74, 6) is 1.68. The van der Waals surface area contributed by atoms with Crippen molar-refractivity contribution in [1.29, 1.82) is 0 Å². The Bertz CT molecular complexity index is 860. The van der Waals surface area contributed by atoms with Crippen LogP contribution >= 0.6 is 11.6 Å². The van der Waals surface area contributed by atoms with E-state index in [0.29, 0.717) is 39.1 Å².